The number of aromatic nitrogens is 1. The van der Waals surface area contributed by atoms with E-state index in [4.69, 9.17) is 20.9 Å². The van der Waals surface area contributed by atoms with Crippen LogP contribution < -0.4 is 0 Å². The summed E-state index contributed by atoms with van der Waals surface area (Å²) < 4.78 is 11.0. The van der Waals surface area contributed by atoms with Gasteiger partial charge in [0.05, 0.1) is 16.8 Å². The molecule has 2 aromatic rings. The molecule has 2 heterocycles. The molecule has 23 heavy (non-hydrogen) atoms. The maximum absolute atomic E-state index is 9.73. The van der Waals surface area contributed by atoms with Gasteiger partial charge in [0, 0.05) is 45.1 Å². The number of hydrogen-bond donors (Lipinski definition) is 1. The number of nitrogens with zero attached hydrogens (tertiary/aromatic N) is 2. The molecule has 0 bridgehead atoms. The number of halogens is 1. The molecular formula is C17H21ClN2O3. The van der Waals surface area contributed by atoms with Gasteiger partial charge in [0.2, 0.25) is 0 Å². The zero-order valence-corrected chi connectivity index (χ0v) is 14.1. The number of phenols is 1. The fraction of sp³-hybridized carbons (Fsp3) is 0.471. The summed E-state index contributed by atoms with van der Waals surface area (Å²) in [4.78, 5) is 2.29. The number of phenolic OH excluding ortho intramolecular Hbond substituents is 1. The van der Waals surface area contributed by atoms with Crippen LogP contribution in [0.3, 0.4) is 0 Å². The normalized spacial score (nSPS) is 21.9. The Morgan fingerprint density at radius 3 is 2.96 bits per heavy atom. The lowest BCUT2D eigenvalue weighted by Crippen LogP contribution is -2.23. The number of rotatable bonds is 5. The van der Waals surface area contributed by atoms with Crippen molar-refractivity contribution in [1.29, 1.82) is 0 Å². The summed E-state index contributed by atoms with van der Waals surface area (Å²) in [6.07, 6.45) is 0.959. The van der Waals surface area contributed by atoms with Crippen molar-refractivity contribution in [2.24, 2.45) is 5.92 Å². The molecule has 1 aromatic heterocycles. The van der Waals surface area contributed by atoms with Crippen molar-refractivity contribution in [2.75, 3.05) is 20.2 Å². The van der Waals surface area contributed by atoms with Gasteiger partial charge in [0.1, 0.15) is 11.5 Å². The standard InChI is InChI=1S/C17H21ClN2O3/c1-11-6-14(23-19-11)7-13-9-20(10-16(13)22-2)8-12-4-3-5-15(21)17(12)18/h3-6,13,16,21H,7-10H2,1-2H3/t13-,16+/m1/s1. The van der Waals surface area contributed by atoms with Crippen LogP contribution in [-0.2, 0) is 17.7 Å². The molecule has 1 saturated heterocycles. The van der Waals surface area contributed by atoms with E-state index in [1.807, 2.05) is 25.1 Å². The molecule has 1 aliphatic heterocycles. The molecule has 3 rings (SSSR count). The van der Waals surface area contributed by atoms with Crippen LogP contribution in [0.1, 0.15) is 17.0 Å². The Kier molecular flexibility index (Phi) is 4.90. The third kappa shape index (κ3) is 3.68. The fourth-order valence-corrected chi connectivity index (χ4v) is 3.41. The molecule has 1 fully saturated rings. The summed E-state index contributed by atoms with van der Waals surface area (Å²) in [6, 6.07) is 7.33. The highest BCUT2D eigenvalue weighted by atomic mass is 35.5. The highest BCUT2D eigenvalue weighted by Crippen LogP contribution is 2.30. The van der Waals surface area contributed by atoms with E-state index < -0.39 is 0 Å². The predicted octanol–water partition coefficient (Wildman–Crippen LogP) is 3.03. The van der Waals surface area contributed by atoms with Crippen molar-refractivity contribution in [1.82, 2.24) is 10.1 Å². The van der Waals surface area contributed by atoms with Gasteiger partial charge in [0.25, 0.3) is 0 Å². The van der Waals surface area contributed by atoms with Gasteiger partial charge in [-0.15, -0.1) is 0 Å². The Bertz CT molecular complexity index is 674. The van der Waals surface area contributed by atoms with Crippen LogP contribution in [0.4, 0.5) is 0 Å². The van der Waals surface area contributed by atoms with E-state index in [-0.39, 0.29) is 11.9 Å². The maximum atomic E-state index is 9.73. The minimum absolute atomic E-state index is 0.125. The first-order valence-electron chi connectivity index (χ1n) is 7.70. The number of methoxy groups -OCH3 is 1. The van der Waals surface area contributed by atoms with Crippen molar-refractivity contribution in [2.45, 2.75) is 26.0 Å². The first kappa shape index (κ1) is 16.3. The number of benzene rings is 1. The molecule has 0 saturated carbocycles. The maximum Gasteiger partial charge on any atom is 0.137 e. The summed E-state index contributed by atoms with van der Waals surface area (Å²) in [7, 11) is 1.74. The zero-order valence-electron chi connectivity index (χ0n) is 13.3. The van der Waals surface area contributed by atoms with E-state index in [0.717, 1.165) is 36.5 Å². The highest BCUT2D eigenvalue weighted by Gasteiger charge is 2.34. The van der Waals surface area contributed by atoms with E-state index in [9.17, 15) is 5.11 Å². The van der Waals surface area contributed by atoms with E-state index in [0.29, 0.717) is 17.5 Å². The van der Waals surface area contributed by atoms with E-state index in [1.54, 1.807) is 13.2 Å². The van der Waals surface area contributed by atoms with Gasteiger partial charge in [-0.25, -0.2) is 0 Å². The summed E-state index contributed by atoms with van der Waals surface area (Å²) in [6.45, 7) is 4.34. The van der Waals surface area contributed by atoms with E-state index >= 15 is 0 Å². The van der Waals surface area contributed by atoms with Gasteiger partial charge in [-0.1, -0.05) is 28.9 Å². The average molecular weight is 337 g/mol. The fourth-order valence-electron chi connectivity index (χ4n) is 3.22. The molecule has 0 aliphatic carbocycles. The summed E-state index contributed by atoms with van der Waals surface area (Å²) in [5.74, 6) is 1.37. The van der Waals surface area contributed by atoms with Crippen LogP contribution in [0, 0.1) is 12.8 Å². The minimum atomic E-state index is 0.125. The zero-order chi connectivity index (χ0) is 16.4. The second-order valence-electron chi connectivity index (χ2n) is 6.12. The van der Waals surface area contributed by atoms with Crippen molar-refractivity contribution in [3.8, 4) is 5.75 Å². The predicted molar refractivity (Wildman–Crippen MR) is 87.6 cm³/mol. The van der Waals surface area contributed by atoms with Gasteiger partial charge in [-0.3, -0.25) is 4.90 Å². The lowest BCUT2D eigenvalue weighted by molar-refractivity contribution is 0.0761. The van der Waals surface area contributed by atoms with Crippen LogP contribution in [-0.4, -0.2) is 41.5 Å². The summed E-state index contributed by atoms with van der Waals surface area (Å²) in [5, 5.41) is 14.1. The second kappa shape index (κ2) is 6.91. The van der Waals surface area contributed by atoms with E-state index in [1.165, 1.54) is 0 Å². The molecule has 1 N–H and O–H groups in total. The van der Waals surface area contributed by atoms with Crippen LogP contribution in [0.2, 0.25) is 5.02 Å². The molecule has 0 amide bonds. The Balaban J connectivity index is 1.67. The number of ether oxygens (including phenoxy) is 1. The molecule has 1 aromatic carbocycles. The topological polar surface area (TPSA) is 58.7 Å². The highest BCUT2D eigenvalue weighted by molar-refractivity contribution is 6.32. The molecule has 2 atom stereocenters. The monoisotopic (exact) mass is 336 g/mol. The average Bonchev–Trinajstić information content (AvgIpc) is 3.10. The Labute approximate surface area is 140 Å². The van der Waals surface area contributed by atoms with Crippen molar-refractivity contribution in [3.05, 3.63) is 46.3 Å². The smallest absolute Gasteiger partial charge is 0.137 e. The molecule has 0 radical (unpaired) electrons. The number of aryl methyl sites for hydroxylation is 1. The minimum Gasteiger partial charge on any atom is -0.506 e. The van der Waals surface area contributed by atoms with Gasteiger partial charge in [-0.05, 0) is 18.6 Å². The quantitative estimate of drug-likeness (QED) is 0.909. The van der Waals surface area contributed by atoms with Crippen LogP contribution >= 0.6 is 11.6 Å². The number of likely N-dealkylation sites (tertiary alicyclic amines) is 1. The molecular weight excluding hydrogens is 316 g/mol. The van der Waals surface area contributed by atoms with Gasteiger partial charge in [0.15, 0.2) is 0 Å². The van der Waals surface area contributed by atoms with Gasteiger partial charge < -0.3 is 14.4 Å². The Hall–Kier alpha value is -1.56. The SMILES string of the molecule is CO[C@H]1CN(Cc2cccc(O)c2Cl)C[C@H]1Cc1cc(C)no1. The first-order chi connectivity index (χ1) is 11.1. The van der Waals surface area contributed by atoms with Crippen molar-refractivity contribution in [3.63, 3.8) is 0 Å². The lowest BCUT2D eigenvalue weighted by Gasteiger charge is -2.16. The molecule has 1 aliphatic rings. The largest absolute Gasteiger partial charge is 0.506 e. The molecule has 5 nitrogen and oxygen atoms in total. The Morgan fingerprint density at radius 1 is 1.43 bits per heavy atom. The molecule has 0 unspecified atom stereocenters. The van der Waals surface area contributed by atoms with Crippen LogP contribution in [0.25, 0.3) is 0 Å². The third-order valence-corrected chi connectivity index (χ3v) is 4.79. The van der Waals surface area contributed by atoms with Crippen LogP contribution in [0.15, 0.2) is 28.8 Å². The Morgan fingerprint density at radius 2 is 2.26 bits per heavy atom. The van der Waals surface area contributed by atoms with E-state index in [2.05, 4.69) is 10.1 Å². The first-order valence-corrected chi connectivity index (χ1v) is 8.08. The number of hydrogen-bond acceptors (Lipinski definition) is 5. The number of aromatic hydroxyl groups is 1. The lowest BCUT2D eigenvalue weighted by atomic mass is 10.0. The molecule has 6 heteroatoms. The molecule has 124 valence electrons. The summed E-state index contributed by atoms with van der Waals surface area (Å²) in [5.41, 5.74) is 1.83. The third-order valence-electron chi connectivity index (χ3n) is 4.35. The van der Waals surface area contributed by atoms with Crippen LogP contribution in [0.5, 0.6) is 5.75 Å². The second-order valence-corrected chi connectivity index (χ2v) is 6.50. The molecule has 0 spiro atoms. The van der Waals surface area contributed by atoms with Gasteiger partial charge in [-0.2, -0.15) is 0 Å². The van der Waals surface area contributed by atoms with Gasteiger partial charge >= 0.3 is 0 Å². The summed E-state index contributed by atoms with van der Waals surface area (Å²) >= 11 is 6.18. The van der Waals surface area contributed by atoms with Crippen molar-refractivity contribution >= 4 is 11.6 Å². The van der Waals surface area contributed by atoms with Crippen molar-refractivity contribution < 1.29 is 14.4 Å².